The molecule has 9 heteroatoms. The van der Waals surface area contributed by atoms with Gasteiger partial charge in [-0.1, -0.05) is 7.43 Å². The predicted molar refractivity (Wildman–Crippen MR) is 118 cm³/mol. The number of rotatable bonds is 4. The van der Waals surface area contributed by atoms with Gasteiger partial charge in [-0.2, -0.15) is 0 Å². The second-order valence-electron chi connectivity index (χ2n) is 7.54. The number of methoxy groups -OCH3 is 3. The minimum absolute atomic E-state index is 0. The van der Waals surface area contributed by atoms with Crippen LogP contribution in [-0.2, 0) is 9.53 Å². The Morgan fingerprint density at radius 3 is 2.09 bits per heavy atom. The molecule has 1 fully saturated rings. The fourth-order valence-corrected chi connectivity index (χ4v) is 4.81. The standard InChI is InChI=1S/C22H22O8.CH4.B.H2/c1-25-16-4-10(5-17(26-2)21(16)27-3)18-11-6-14-15(30-9-29-14)7-12(11)20(23)13-8-28-22(24)19(13)18;;;/h4-7,13,18-20,23H,8-9H2,1-3H3;1H4;;1H/t13-,18?,19?,20-;;;/m0.../s1/i;;;1+1. The molecule has 2 aromatic carbocycles. The number of hydrogen-bond donors (Lipinski definition) is 1. The van der Waals surface area contributed by atoms with Gasteiger partial charge in [0.15, 0.2) is 23.0 Å². The number of fused-ring (bicyclic) bond motifs is 3. The lowest BCUT2D eigenvalue weighted by Gasteiger charge is -2.37. The van der Waals surface area contributed by atoms with Crippen molar-refractivity contribution in [1.82, 2.24) is 0 Å². The van der Waals surface area contributed by atoms with E-state index in [1.807, 2.05) is 18.2 Å². The van der Waals surface area contributed by atoms with Crippen molar-refractivity contribution in [2.24, 2.45) is 11.8 Å². The maximum Gasteiger partial charge on any atom is 0.310 e. The molecule has 2 heterocycles. The topological polar surface area (TPSA) is 92.7 Å². The molecule has 0 bridgehead atoms. The average Bonchev–Trinajstić information content (AvgIpc) is 3.38. The summed E-state index contributed by atoms with van der Waals surface area (Å²) in [5, 5.41) is 11.0. The van der Waals surface area contributed by atoms with E-state index in [0.717, 1.165) is 11.1 Å². The van der Waals surface area contributed by atoms with Crippen LogP contribution in [0.3, 0.4) is 0 Å². The monoisotopic (exact) mass is 444 g/mol. The van der Waals surface area contributed by atoms with Crippen molar-refractivity contribution in [2.45, 2.75) is 19.4 Å². The molecule has 32 heavy (non-hydrogen) atoms. The van der Waals surface area contributed by atoms with Crippen LogP contribution in [0.5, 0.6) is 28.7 Å². The molecule has 2 aliphatic heterocycles. The van der Waals surface area contributed by atoms with E-state index >= 15 is 0 Å². The molecule has 4 atom stereocenters. The molecule has 3 aliphatic rings. The summed E-state index contributed by atoms with van der Waals surface area (Å²) in [5.41, 5.74) is 2.30. The van der Waals surface area contributed by atoms with Gasteiger partial charge in [0.25, 0.3) is 0 Å². The number of aliphatic hydroxyl groups excluding tert-OH is 1. The molecule has 171 valence electrons. The maximum atomic E-state index is 12.7. The number of benzene rings is 2. The fourth-order valence-electron chi connectivity index (χ4n) is 4.81. The largest absolute Gasteiger partial charge is 0.493 e. The van der Waals surface area contributed by atoms with Crippen LogP contribution in [-0.4, -0.2) is 54.2 Å². The number of hydrogen-bond acceptors (Lipinski definition) is 8. The van der Waals surface area contributed by atoms with Crippen LogP contribution in [0.4, 0.5) is 0 Å². The van der Waals surface area contributed by atoms with Crippen molar-refractivity contribution in [3.05, 3.63) is 41.0 Å². The summed E-state index contributed by atoms with van der Waals surface area (Å²) in [7, 11) is 4.63. The summed E-state index contributed by atoms with van der Waals surface area (Å²) < 4.78 is 32.9. The van der Waals surface area contributed by atoms with Crippen LogP contribution >= 0.6 is 0 Å². The second kappa shape index (κ2) is 8.82. The summed E-state index contributed by atoms with van der Waals surface area (Å²) in [5.74, 6) is 0.989. The molecule has 0 spiro atoms. The highest BCUT2D eigenvalue weighted by Gasteiger charge is 2.52. The molecule has 0 amide bonds. The van der Waals surface area contributed by atoms with Crippen molar-refractivity contribution < 1.29 is 39.7 Å². The number of esters is 1. The zero-order valence-corrected chi connectivity index (χ0v) is 17.4. The van der Waals surface area contributed by atoms with Gasteiger partial charge >= 0.3 is 5.97 Å². The van der Waals surface area contributed by atoms with Gasteiger partial charge in [-0.3, -0.25) is 4.79 Å². The van der Waals surface area contributed by atoms with Gasteiger partial charge in [-0.15, -0.1) is 0 Å². The first-order chi connectivity index (χ1) is 14.6. The zero-order valence-electron chi connectivity index (χ0n) is 17.4. The van der Waals surface area contributed by atoms with Crippen LogP contribution in [0.15, 0.2) is 24.3 Å². The summed E-state index contributed by atoms with van der Waals surface area (Å²) in [6.45, 7) is 0.289. The molecule has 1 aliphatic carbocycles. The minimum Gasteiger partial charge on any atom is -0.493 e. The molecule has 2 aromatic rings. The third kappa shape index (κ3) is 3.31. The number of cyclic esters (lactones) is 1. The first-order valence-electron chi connectivity index (χ1n) is 9.65. The van der Waals surface area contributed by atoms with Crippen molar-refractivity contribution in [3.63, 3.8) is 0 Å². The van der Waals surface area contributed by atoms with E-state index in [4.69, 9.17) is 28.4 Å². The van der Waals surface area contributed by atoms with E-state index in [1.165, 1.54) is 7.11 Å². The molecule has 3 radical (unpaired) electrons. The minimum atomic E-state index is -0.843. The average molecular weight is 444 g/mol. The van der Waals surface area contributed by atoms with E-state index in [-0.39, 0.29) is 48.5 Å². The first kappa shape index (κ1) is 23.6. The highest BCUT2D eigenvalue weighted by molar-refractivity contribution is 5.79. The lowest BCUT2D eigenvalue weighted by Crippen LogP contribution is -2.34. The van der Waals surface area contributed by atoms with Gasteiger partial charge in [0.05, 0.1) is 40.0 Å². The lowest BCUT2D eigenvalue weighted by atomic mass is 9.66. The van der Waals surface area contributed by atoms with Gasteiger partial charge in [-0.25, -0.2) is 0 Å². The Labute approximate surface area is 190 Å². The highest BCUT2D eigenvalue weighted by Crippen LogP contribution is 2.55. The van der Waals surface area contributed by atoms with Crippen LogP contribution in [0, 0.1) is 11.8 Å². The van der Waals surface area contributed by atoms with Gasteiger partial charge in [0.1, 0.15) is 0 Å². The third-order valence-electron chi connectivity index (χ3n) is 6.19. The molecule has 1 saturated heterocycles. The van der Waals surface area contributed by atoms with Crippen molar-refractivity contribution in [3.8, 4) is 28.7 Å². The lowest BCUT2D eigenvalue weighted by molar-refractivity contribution is -0.141. The molecule has 0 aromatic heterocycles. The SMILES string of the molecule is C.COc1cc(C2c3cc4c(cc3[C@H](O)[C@H]3COC(=O)C23)OCO4)cc(OC)c1OC.[2HH].[B]. The van der Waals surface area contributed by atoms with Crippen molar-refractivity contribution in [2.75, 3.05) is 34.7 Å². The van der Waals surface area contributed by atoms with Crippen LogP contribution in [0.1, 0.15) is 37.6 Å². The quantitative estimate of drug-likeness (QED) is 0.569. The van der Waals surface area contributed by atoms with E-state index in [0.29, 0.717) is 34.3 Å². The van der Waals surface area contributed by atoms with E-state index < -0.39 is 12.0 Å². The molecular formula is C23H28BO8. The number of ether oxygens (including phenoxy) is 6. The van der Waals surface area contributed by atoms with Gasteiger partial charge in [-0.05, 0) is 41.0 Å². The van der Waals surface area contributed by atoms with E-state index in [1.54, 1.807) is 20.3 Å². The van der Waals surface area contributed by atoms with Crippen LogP contribution < -0.4 is 23.7 Å². The van der Waals surface area contributed by atoms with Gasteiger partial charge in [0, 0.05) is 21.7 Å². The van der Waals surface area contributed by atoms with Crippen LogP contribution in [0.2, 0.25) is 0 Å². The summed E-state index contributed by atoms with van der Waals surface area (Å²) in [4.78, 5) is 12.7. The van der Waals surface area contributed by atoms with Crippen LogP contribution in [0.25, 0.3) is 0 Å². The van der Waals surface area contributed by atoms with Gasteiger partial charge in [0.2, 0.25) is 12.5 Å². The Bertz CT molecular complexity index is 1000. The highest BCUT2D eigenvalue weighted by atomic mass is 16.7. The molecule has 2 unspecified atom stereocenters. The second-order valence-corrected chi connectivity index (χ2v) is 7.54. The number of carbonyl (C=O) groups excluding carboxylic acids is 1. The summed E-state index contributed by atoms with van der Waals surface area (Å²) in [6.07, 6.45) is -0.843. The Balaban J connectivity index is 0.00000128. The Morgan fingerprint density at radius 1 is 0.938 bits per heavy atom. The van der Waals surface area contributed by atoms with E-state index in [9.17, 15) is 9.90 Å². The molecular weight excluding hydrogens is 415 g/mol. The number of aliphatic hydroxyl groups is 1. The Morgan fingerprint density at radius 2 is 1.53 bits per heavy atom. The fraction of sp³-hybridized carbons (Fsp3) is 0.435. The summed E-state index contributed by atoms with van der Waals surface area (Å²) >= 11 is 0. The normalized spacial score (nSPS) is 24.3. The van der Waals surface area contributed by atoms with Gasteiger partial charge < -0.3 is 33.5 Å². The molecule has 8 nitrogen and oxygen atoms in total. The summed E-state index contributed by atoms with van der Waals surface area (Å²) in [6, 6.07) is 7.31. The molecule has 0 saturated carbocycles. The number of carbonyl (C=O) groups is 1. The zero-order chi connectivity index (χ0) is 21.0. The smallest absolute Gasteiger partial charge is 0.310 e. The Kier molecular flexibility index (Phi) is 6.50. The third-order valence-corrected chi connectivity index (χ3v) is 6.19. The van der Waals surface area contributed by atoms with Crippen molar-refractivity contribution in [1.29, 1.82) is 0 Å². The maximum absolute atomic E-state index is 12.7. The van der Waals surface area contributed by atoms with Crippen molar-refractivity contribution >= 4 is 14.4 Å². The first-order valence-corrected chi connectivity index (χ1v) is 9.65. The molecule has 1 N–H and O–H groups in total. The Hall–Kier alpha value is -3.07. The molecule has 5 rings (SSSR count). The predicted octanol–water partition coefficient (Wildman–Crippen LogP) is 2.91. The van der Waals surface area contributed by atoms with E-state index in [2.05, 4.69) is 0 Å².